The van der Waals surface area contributed by atoms with Crippen LogP contribution >= 0.6 is 0 Å². The van der Waals surface area contributed by atoms with Gasteiger partial charge in [-0.25, -0.2) is 9.86 Å². The van der Waals surface area contributed by atoms with Crippen molar-refractivity contribution in [3.05, 3.63) is 71.8 Å². The molecule has 0 spiro atoms. The molecule has 132 valence electrons. The Morgan fingerprint density at radius 2 is 1.64 bits per heavy atom. The van der Waals surface area contributed by atoms with Gasteiger partial charge in [0, 0.05) is 13.6 Å². The maximum absolute atomic E-state index is 12.5. The number of benzene rings is 2. The van der Waals surface area contributed by atoms with E-state index in [-0.39, 0.29) is 19.1 Å². The third-order valence-electron chi connectivity index (χ3n) is 3.75. The molecule has 0 fully saturated rings. The van der Waals surface area contributed by atoms with Crippen molar-refractivity contribution < 1.29 is 19.2 Å². The van der Waals surface area contributed by atoms with E-state index >= 15 is 0 Å². The molecule has 0 radical (unpaired) electrons. The van der Waals surface area contributed by atoms with E-state index in [2.05, 4.69) is 5.32 Å². The fourth-order valence-corrected chi connectivity index (χ4v) is 2.30. The van der Waals surface area contributed by atoms with Crippen LogP contribution < -0.4 is 5.32 Å². The molecule has 2 rings (SSSR count). The Hall–Kier alpha value is -2.86. The molecule has 0 heterocycles. The maximum Gasteiger partial charge on any atom is 0.407 e. The van der Waals surface area contributed by atoms with Gasteiger partial charge in [-0.2, -0.15) is 0 Å². The summed E-state index contributed by atoms with van der Waals surface area (Å²) in [7, 11) is 2.95. The SMILES string of the molecule is CON(C)C(=O)C(CNC(=O)OCc1ccccc1)c1ccccc1. The molecule has 0 bridgehead atoms. The van der Waals surface area contributed by atoms with Crippen LogP contribution in [0.5, 0.6) is 0 Å². The molecule has 2 amide bonds. The summed E-state index contributed by atoms with van der Waals surface area (Å²) in [5.41, 5.74) is 1.69. The lowest BCUT2D eigenvalue weighted by atomic mass is 9.98. The summed E-state index contributed by atoms with van der Waals surface area (Å²) in [5.74, 6) is -0.813. The Bertz CT molecular complexity index is 676. The van der Waals surface area contributed by atoms with Crippen molar-refractivity contribution in [3.8, 4) is 0 Å². The van der Waals surface area contributed by atoms with Crippen molar-refractivity contribution in [2.75, 3.05) is 20.7 Å². The highest BCUT2D eigenvalue weighted by Gasteiger charge is 2.25. The molecule has 6 heteroatoms. The van der Waals surface area contributed by atoms with Gasteiger partial charge in [0.1, 0.15) is 6.61 Å². The molecule has 25 heavy (non-hydrogen) atoms. The number of hydrogen-bond acceptors (Lipinski definition) is 4. The van der Waals surface area contributed by atoms with Crippen LogP contribution in [-0.4, -0.2) is 37.8 Å². The highest BCUT2D eigenvalue weighted by molar-refractivity contribution is 5.83. The minimum absolute atomic E-state index is 0.115. The van der Waals surface area contributed by atoms with Crippen LogP contribution in [0.15, 0.2) is 60.7 Å². The number of alkyl carbamates (subject to hydrolysis) is 1. The lowest BCUT2D eigenvalue weighted by Gasteiger charge is -2.22. The normalized spacial score (nSPS) is 11.4. The van der Waals surface area contributed by atoms with Gasteiger partial charge in [-0.05, 0) is 11.1 Å². The minimum atomic E-state index is -0.572. The molecule has 0 saturated carbocycles. The van der Waals surface area contributed by atoms with Crippen LogP contribution in [-0.2, 0) is 21.0 Å². The Morgan fingerprint density at radius 3 is 2.24 bits per heavy atom. The number of carbonyl (C=O) groups excluding carboxylic acids is 2. The average molecular weight is 342 g/mol. The van der Waals surface area contributed by atoms with Gasteiger partial charge < -0.3 is 10.1 Å². The summed E-state index contributed by atoms with van der Waals surface area (Å²) in [4.78, 5) is 29.4. The summed E-state index contributed by atoms with van der Waals surface area (Å²) < 4.78 is 5.17. The average Bonchev–Trinajstić information content (AvgIpc) is 2.67. The van der Waals surface area contributed by atoms with Gasteiger partial charge in [0.05, 0.1) is 13.0 Å². The second-order valence-electron chi connectivity index (χ2n) is 5.42. The smallest absolute Gasteiger partial charge is 0.407 e. The molecule has 1 unspecified atom stereocenters. The van der Waals surface area contributed by atoms with Crippen LogP contribution in [0.2, 0.25) is 0 Å². The van der Waals surface area contributed by atoms with Crippen LogP contribution in [0.3, 0.4) is 0 Å². The lowest BCUT2D eigenvalue weighted by molar-refractivity contribution is -0.170. The number of likely N-dealkylation sites (N-methyl/N-ethyl adjacent to an activating group) is 1. The molecule has 0 aliphatic rings. The zero-order chi connectivity index (χ0) is 18.1. The van der Waals surface area contributed by atoms with Gasteiger partial charge in [-0.1, -0.05) is 60.7 Å². The third-order valence-corrected chi connectivity index (χ3v) is 3.75. The summed E-state index contributed by atoms with van der Waals surface area (Å²) in [6.07, 6.45) is -0.572. The first-order valence-electron chi connectivity index (χ1n) is 7.93. The van der Waals surface area contributed by atoms with Crippen molar-refractivity contribution in [3.63, 3.8) is 0 Å². The maximum atomic E-state index is 12.5. The van der Waals surface area contributed by atoms with Crippen LogP contribution in [0.4, 0.5) is 4.79 Å². The summed E-state index contributed by atoms with van der Waals surface area (Å²) in [6.45, 7) is 0.290. The van der Waals surface area contributed by atoms with Gasteiger partial charge in [0.15, 0.2) is 0 Å². The van der Waals surface area contributed by atoms with Crippen molar-refractivity contribution >= 4 is 12.0 Å². The molecule has 1 atom stereocenters. The Morgan fingerprint density at radius 1 is 1.04 bits per heavy atom. The highest BCUT2D eigenvalue weighted by atomic mass is 16.7. The van der Waals surface area contributed by atoms with Crippen molar-refractivity contribution in [2.24, 2.45) is 0 Å². The second-order valence-corrected chi connectivity index (χ2v) is 5.42. The number of hydrogen-bond donors (Lipinski definition) is 1. The van der Waals surface area contributed by atoms with Crippen molar-refractivity contribution in [2.45, 2.75) is 12.5 Å². The number of rotatable bonds is 7. The first-order chi connectivity index (χ1) is 12.1. The Balaban J connectivity index is 1.95. The van der Waals surface area contributed by atoms with Gasteiger partial charge in [-0.15, -0.1) is 0 Å². The van der Waals surface area contributed by atoms with Crippen molar-refractivity contribution in [1.29, 1.82) is 0 Å². The summed E-state index contributed by atoms with van der Waals surface area (Å²) in [6, 6.07) is 18.6. The van der Waals surface area contributed by atoms with Gasteiger partial charge in [-0.3, -0.25) is 9.63 Å². The van der Waals surface area contributed by atoms with Crippen LogP contribution in [0, 0.1) is 0 Å². The predicted molar refractivity (Wildman–Crippen MR) is 93.6 cm³/mol. The van der Waals surface area contributed by atoms with E-state index < -0.39 is 12.0 Å². The van der Waals surface area contributed by atoms with E-state index in [1.807, 2.05) is 60.7 Å². The molecular weight excluding hydrogens is 320 g/mol. The van der Waals surface area contributed by atoms with Gasteiger partial charge in [0.2, 0.25) is 0 Å². The number of carbonyl (C=O) groups is 2. The molecule has 0 saturated heterocycles. The van der Waals surface area contributed by atoms with E-state index in [0.717, 1.165) is 16.2 Å². The van der Waals surface area contributed by atoms with E-state index in [1.54, 1.807) is 0 Å². The highest BCUT2D eigenvalue weighted by Crippen LogP contribution is 2.17. The number of nitrogens with zero attached hydrogens (tertiary/aromatic N) is 1. The van der Waals surface area contributed by atoms with E-state index in [1.165, 1.54) is 14.2 Å². The van der Waals surface area contributed by atoms with Gasteiger partial charge >= 0.3 is 6.09 Å². The fraction of sp³-hybridized carbons (Fsp3) is 0.263. The molecule has 1 N–H and O–H groups in total. The Kier molecular flexibility index (Phi) is 6.98. The molecule has 6 nitrogen and oxygen atoms in total. The zero-order valence-electron chi connectivity index (χ0n) is 14.3. The van der Waals surface area contributed by atoms with Gasteiger partial charge in [0.25, 0.3) is 5.91 Å². The molecule has 0 aliphatic carbocycles. The van der Waals surface area contributed by atoms with Crippen LogP contribution in [0.25, 0.3) is 0 Å². The Labute approximate surface area is 147 Å². The summed E-state index contributed by atoms with van der Waals surface area (Å²) >= 11 is 0. The molecular formula is C19H22N2O4. The third kappa shape index (κ3) is 5.61. The lowest BCUT2D eigenvalue weighted by Crippen LogP contribution is -2.38. The van der Waals surface area contributed by atoms with Crippen molar-refractivity contribution in [1.82, 2.24) is 10.4 Å². The number of ether oxygens (including phenoxy) is 1. The molecule has 0 aliphatic heterocycles. The fourth-order valence-electron chi connectivity index (χ4n) is 2.30. The van der Waals surface area contributed by atoms with E-state index in [0.29, 0.717) is 0 Å². The number of nitrogens with one attached hydrogen (secondary N) is 1. The first kappa shape index (κ1) is 18.5. The van der Waals surface area contributed by atoms with E-state index in [9.17, 15) is 9.59 Å². The largest absolute Gasteiger partial charge is 0.445 e. The first-order valence-corrected chi connectivity index (χ1v) is 7.93. The number of amides is 2. The molecule has 2 aromatic carbocycles. The standard InChI is InChI=1S/C19H22N2O4/c1-21(24-2)18(22)17(16-11-7-4-8-12-16)13-20-19(23)25-14-15-9-5-3-6-10-15/h3-12,17H,13-14H2,1-2H3,(H,20,23). The monoisotopic (exact) mass is 342 g/mol. The van der Waals surface area contributed by atoms with Crippen LogP contribution in [0.1, 0.15) is 17.0 Å². The second kappa shape index (κ2) is 9.44. The topological polar surface area (TPSA) is 67.9 Å². The minimum Gasteiger partial charge on any atom is -0.445 e. The summed E-state index contributed by atoms with van der Waals surface area (Å²) in [5, 5.41) is 3.79. The zero-order valence-corrected chi connectivity index (χ0v) is 14.3. The number of hydroxylamine groups is 2. The van der Waals surface area contributed by atoms with E-state index in [4.69, 9.17) is 9.57 Å². The predicted octanol–water partition coefficient (Wildman–Crippen LogP) is 2.72. The quantitative estimate of drug-likeness (QED) is 0.786. The molecule has 2 aromatic rings. The molecule has 0 aromatic heterocycles.